The Balaban J connectivity index is 1.75. The first-order valence-electron chi connectivity index (χ1n) is 6.81. The van der Waals surface area contributed by atoms with Crippen LogP contribution in [-0.2, 0) is 4.79 Å². The highest BCUT2D eigenvalue weighted by molar-refractivity contribution is 5.96. The third kappa shape index (κ3) is 1.88. The molecule has 3 rings (SSSR count). The minimum absolute atomic E-state index is 0.170. The summed E-state index contributed by atoms with van der Waals surface area (Å²) in [6.07, 6.45) is 4.87. The molecule has 1 amide bonds. The predicted molar refractivity (Wildman–Crippen MR) is 73.2 cm³/mol. The Morgan fingerprint density at radius 2 is 2.17 bits per heavy atom. The van der Waals surface area contributed by atoms with Crippen LogP contribution >= 0.6 is 0 Å². The van der Waals surface area contributed by atoms with Crippen molar-refractivity contribution >= 4 is 17.3 Å². The number of carbonyl (C=O) groups is 1. The largest absolute Gasteiger partial charge is 0.397 e. The van der Waals surface area contributed by atoms with Crippen molar-refractivity contribution in [3.8, 4) is 0 Å². The molecule has 96 valence electrons. The summed E-state index contributed by atoms with van der Waals surface area (Å²) in [6, 6.07) is 5.73. The molecule has 0 heterocycles. The van der Waals surface area contributed by atoms with Gasteiger partial charge in [-0.2, -0.15) is 0 Å². The molecular weight excluding hydrogens is 224 g/mol. The van der Waals surface area contributed by atoms with Crippen molar-refractivity contribution in [3.05, 3.63) is 23.8 Å². The Morgan fingerprint density at radius 1 is 1.33 bits per heavy atom. The minimum atomic E-state index is 0.170. The molecule has 1 aromatic carbocycles. The molecule has 2 bridgehead atoms. The molecule has 18 heavy (non-hydrogen) atoms. The monoisotopic (exact) mass is 244 g/mol. The van der Waals surface area contributed by atoms with Crippen LogP contribution in [0.15, 0.2) is 18.2 Å². The number of nitrogen functional groups attached to an aromatic ring is 1. The molecule has 3 nitrogen and oxygen atoms in total. The van der Waals surface area contributed by atoms with Crippen molar-refractivity contribution in [3.63, 3.8) is 0 Å². The first-order valence-corrected chi connectivity index (χ1v) is 6.81. The second kappa shape index (κ2) is 4.30. The molecule has 2 fully saturated rings. The Hall–Kier alpha value is -1.51. The van der Waals surface area contributed by atoms with Gasteiger partial charge in [-0.05, 0) is 49.7 Å². The number of nitrogens with one attached hydrogen (secondary N) is 1. The van der Waals surface area contributed by atoms with E-state index < -0.39 is 0 Å². The molecule has 3 atom stereocenters. The molecule has 3 unspecified atom stereocenters. The molecule has 0 spiro atoms. The molecule has 2 saturated carbocycles. The number of amides is 1. The Morgan fingerprint density at radius 3 is 2.78 bits per heavy atom. The molecule has 3 heteroatoms. The molecular formula is C15H20N2O. The van der Waals surface area contributed by atoms with Gasteiger partial charge in [0.15, 0.2) is 0 Å². The lowest BCUT2D eigenvalue weighted by Crippen LogP contribution is -2.27. The third-order valence-corrected chi connectivity index (χ3v) is 4.63. The summed E-state index contributed by atoms with van der Waals surface area (Å²) in [5, 5.41) is 3.04. The van der Waals surface area contributed by atoms with Gasteiger partial charge >= 0.3 is 0 Å². The summed E-state index contributed by atoms with van der Waals surface area (Å²) in [4.78, 5) is 12.3. The van der Waals surface area contributed by atoms with E-state index in [0.29, 0.717) is 11.6 Å². The average molecular weight is 244 g/mol. The van der Waals surface area contributed by atoms with Gasteiger partial charge in [-0.1, -0.05) is 18.6 Å². The van der Waals surface area contributed by atoms with Crippen molar-refractivity contribution in [2.24, 2.45) is 17.8 Å². The summed E-state index contributed by atoms with van der Waals surface area (Å²) in [5.74, 6) is 1.78. The first-order chi connectivity index (χ1) is 8.65. The van der Waals surface area contributed by atoms with E-state index >= 15 is 0 Å². The lowest BCUT2D eigenvalue weighted by Gasteiger charge is -2.21. The van der Waals surface area contributed by atoms with Gasteiger partial charge in [0.05, 0.1) is 11.4 Å². The SMILES string of the molecule is Cc1cccc(N)c1NC(=O)C1CC2CCC1C2. The fourth-order valence-corrected chi connectivity index (χ4v) is 3.64. The van der Waals surface area contributed by atoms with E-state index in [2.05, 4.69) is 5.32 Å². The number of fused-ring (bicyclic) bond motifs is 2. The summed E-state index contributed by atoms with van der Waals surface area (Å²) in [5.41, 5.74) is 8.42. The topological polar surface area (TPSA) is 55.1 Å². The number of aryl methyl sites for hydroxylation is 1. The van der Waals surface area contributed by atoms with Gasteiger partial charge in [0.25, 0.3) is 0 Å². The molecule has 2 aliphatic carbocycles. The van der Waals surface area contributed by atoms with E-state index in [1.54, 1.807) is 0 Å². The standard InChI is InChI=1S/C15H20N2O/c1-9-3-2-4-13(16)14(9)17-15(18)12-8-10-5-6-11(12)7-10/h2-4,10-12H,5-8,16H2,1H3,(H,17,18). The third-order valence-electron chi connectivity index (χ3n) is 4.63. The Kier molecular flexibility index (Phi) is 2.77. The second-order valence-corrected chi connectivity index (χ2v) is 5.81. The quantitative estimate of drug-likeness (QED) is 0.786. The molecule has 0 aromatic heterocycles. The number of hydrogen-bond acceptors (Lipinski definition) is 2. The smallest absolute Gasteiger partial charge is 0.227 e. The lowest BCUT2D eigenvalue weighted by molar-refractivity contribution is -0.121. The van der Waals surface area contributed by atoms with Gasteiger partial charge in [-0.3, -0.25) is 4.79 Å². The highest BCUT2D eigenvalue weighted by Crippen LogP contribution is 2.48. The van der Waals surface area contributed by atoms with Crippen LogP contribution in [0, 0.1) is 24.7 Å². The molecule has 2 aliphatic rings. The van der Waals surface area contributed by atoms with Gasteiger partial charge in [-0.25, -0.2) is 0 Å². The number of para-hydroxylation sites is 1. The van der Waals surface area contributed by atoms with Gasteiger partial charge in [0.2, 0.25) is 5.91 Å². The Labute approximate surface area is 108 Å². The maximum absolute atomic E-state index is 12.3. The molecule has 0 aliphatic heterocycles. The maximum Gasteiger partial charge on any atom is 0.227 e. The minimum Gasteiger partial charge on any atom is -0.397 e. The average Bonchev–Trinajstić information content (AvgIpc) is 2.96. The van der Waals surface area contributed by atoms with E-state index in [9.17, 15) is 4.79 Å². The van der Waals surface area contributed by atoms with Crippen LogP contribution in [0.2, 0.25) is 0 Å². The van der Waals surface area contributed by atoms with E-state index in [-0.39, 0.29) is 11.8 Å². The van der Waals surface area contributed by atoms with Gasteiger partial charge in [0, 0.05) is 5.92 Å². The van der Waals surface area contributed by atoms with Crippen LogP contribution in [0.5, 0.6) is 0 Å². The van der Waals surface area contributed by atoms with E-state index in [4.69, 9.17) is 5.73 Å². The normalized spacial score (nSPS) is 29.5. The van der Waals surface area contributed by atoms with E-state index in [1.807, 2.05) is 25.1 Å². The summed E-state index contributed by atoms with van der Waals surface area (Å²) in [7, 11) is 0. The fraction of sp³-hybridized carbons (Fsp3) is 0.533. The summed E-state index contributed by atoms with van der Waals surface area (Å²) in [6.45, 7) is 1.98. The molecule has 0 saturated heterocycles. The van der Waals surface area contributed by atoms with Crippen LogP contribution < -0.4 is 11.1 Å². The number of benzene rings is 1. The number of nitrogens with two attached hydrogens (primary N) is 1. The van der Waals surface area contributed by atoms with Crippen LogP contribution in [0.1, 0.15) is 31.2 Å². The van der Waals surface area contributed by atoms with Crippen LogP contribution in [0.3, 0.4) is 0 Å². The Bertz CT molecular complexity index is 463. The number of rotatable bonds is 2. The summed E-state index contributed by atoms with van der Waals surface area (Å²) < 4.78 is 0. The molecule has 1 aromatic rings. The maximum atomic E-state index is 12.3. The zero-order valence-electron chi connectivity index (χ0n) is 10.8. The van der Waals surface area contributed by atoms with Crippen LogP contribution in [0.25, 0.3) is 0 Å². The van der Waals surface area contributed by atoms with Crippen molar-refractivity contribution < 1.29 is 4.79 Å². The zero-order chi connectivity index (χ0) is 12.7. The first kappa shape index (κ1) is 11.6. The lowest BCUT2D eigenvalue weighted by atomic mass is 9.88. The van der Waals surface area contributed by atoms with E-state index in [1.165, 1.54) is 19.3 Å². The van der Waals surface area contributed by atoms with Crippen molar-refractivity contribution in [2.45, 2.75) is 32.6 Å². The summed E-state index contributed by atoms with van der Waals surface area (Å²) >= 11 is 0. The van der Waals surface area contributed by atoms with Gasteiger partial charge in [-0.15, -0.1) is 0 Å². The highest BCUT2D eigenvalue weighted by Gasteiger charge is 2.43. The van der Waals surface area contributed by atoms with Crippen molar-refractivity contribution in [1.29, 1.82) is 0 Å². The number of hydrogen-bond donors (Lipinski definition) is 2. The van der Waals surface area contributed by atoms with Crippen LogP contribution in [0.4, 0.5) is 11.4 Å². The molecule has 0 radical (unpaired) electrons. The zero-order valence-corrected chi connectivity index (χ0v) is 10.8. The number of carbonyl (C=O) groups excluding carboxylic acids is 1. The fourth-order valence-electron chi connectivity index (χ4n) is 3.64. The van der Waals surface area contributed by atoms with Gasteiger partial charge < -0.3 is 11.1 Å². The molecule has 3 N–H and O–H groups in total. The second-order valence-electron chi connectivity index (χ2n) is 5.81. The van der Waals surface area contributed by atoms with E-state index in [0.717, 1.165) is 23.6 Å². The highest BCUT2D eigenvalue weighted by atomic mass is 16.1. The van der Waals surface area contributed by atoms with Crippen molar-refractivity contribution in [1.82, 2.24) is 0 Å². The van der Waals surface area contributed by atoms with Crippen LogP contribution in [-0.4, -0.2) is 5.91 Å². The predicted octanol–water partition coefficient (Wildman–Crippen LogP) is 2.95. The van der Waals surface area contributed by atoms with Crippen molar-refractivity contribution in [2.75, 3.05) is 11.1 Å². The number of anilines is 2. The van der Waals surface area contributed by atoms with Gasteiger partial charge in [0.1, 0.15) is 0 Å².